The van der Waals surface area contributed by atoms with Crippen LogP contribution in [-0.4, -0.2) is 9.29 Å². The number of imidazole rings is 1. The minimum absolute atomic E-state index is 0.0156. The molecule has 5 nitrogen and oxygen atoms in total. The van der Waals surface area contributed by atoms with Gasteiger partial charge >= 0.3 is 12.6 Å². The van der Waals surface area contributed by atoms with Gasteiger partial charge in [0, 0.05) is 12.0 Å². The first kappa shape index (κ1) is 19.7. The summed E-state index contributed by atoms with van der Waals surface area (Å²) >= 11 is 1.77. The molecule has 0 amide bonds. The Labute approximate surface area is 179 Å². The molecule has 0 bridgehead atoms. The SMILES string of the molecule is Cc1ccc(-c2cn3c4c(sc3[n+]2COP(=O)(O)c2ccccc2)CCCC4)cc1. The molecular formula is C23H24N2O3PS+. The van der Waals surface area contributed by atoms with Crippen LogP contribution in [-0.2, 0) is 28.7 Å². The Kier molecular flexibility index (Phi) is 5.11. The van der Waals surface area contributed by atoms with Crippen molar-refractivity contribution in [3.8, 4) is 11.3 Å². The molecule has 1 atom stereocenters. The molecule has 0 spiro atoms. The predicted molar refractivity (Wildman–Crippen MR) is 119 cm³/mol. The molecule has 1 aliphatic rings. The normalized spacial score (nSPS) is 15.8. The van der Waals surface area contributed by atoms with Gasteiger partial charge in [-0.15, -0.1) is 0 Å². The summed E-state index contributed by atoms with van der Waals surface area (Å²) in [5.74, 6) is 0. The molecule has 0 aliphatic heterocycles. The van der Waals surface area contributed by atoms with Crippen molar-refractivity contribution in [2.45, 2.75) is 39.3 Å². The Morgan fingerprint density at radius 1 is 1.10 bits per heavy atom. The molecule has 1 aliphatic carbocycles. The van der Waals surface area contributed by atoms with Crippen LogP contribution in [0.3, 0.4) is 0 Å². The van der Waals surface area contributed by atoms with Gasteiger partial charge in [0.2, 0.25) is 6.73 Å². The monoisotopic (exact) mass is 439 g/mol. The number of nitrogens with zero attached hydrogens (tertiary/aromatic N) is 2. The molecule has 2 heterocycles. The highest BCUT2D eigenvalue weighted by atomic mass is 32.1. The number of aromatic nitrogens is 2. The minimum atomic E-state index is -3.92. The van der Waals surface area contributed by atoms with Crippen molar-refractivity contribution in [1.82, 2.24) is 4.40 Å². The third-order valence-corrected chi connectivity index (χ3v) is 8.37. The van der Waals surface area contributed by atoms with Crippen molar-refractivity contribution in [3.63, 3.8) is 0 Å². The molecule has 154 valence electrons. The molecular weight excluding hydrogens is 415 g/mol. The van der Waals surface area contributed by atoms with Crippen molar-refractivity contribution in [2.75, 3.05) is 0 Å². The first-order valence-electron chi connectivity index (χ1n) is 10.2. The number of thiazole rings is 1. The van der Waals surface area contributed by atoms with Gasteiger partial charge in [0.25, 0.3) is 0 Å². The second-order valence-corrected chi connectivity index (χ2v) is 10.6. The Bertz CT molecular complexity index is 1250. The third-order valence-electron chi connectivity index (χ3n) is 5.67. The average Bonchev–Trinajstić information content (AvgIpc) is 3.30. The molecule has 1 N–H and O–H groups in total. The molecule has 0 radical (unpaired) electrons. The summed E-state index contributed by atoms with van der Waals surface area (Å²) in [6.45, 7) is 2.08. The van der Waals surface area contributed by atoms with E-state index in [2.05, 4.69) is 41.8 Å². The second kappa shape index (κ2) is 7.78. The lowest BCUT2D eigenvalue weighted by Crippen LogP contribution is -2.36. The molecule has 0 saturated carbocycles. The van der Waals surface area contributed by atoms with Gasteiger partial charge in [0.15, 0.2) is 5.69 Å². The van der Waals surface area contributed by atoms with Gasteiger partial charge in [-0.2, -0.15) is 8.97 Å². The molecule has 7 heteroatoms. The maximum Gasteiger partial charge on any atom is 0.362 e. The van der Waals surface area contributed by atoms with E-state index in [-0.39, 0.29) is 6.73 Å². The summed E-state index contributed by atoms with van der Waals surface area (Å²) in [5, 5.41) is 0.309. The third kappa shape index (κ3) is 3.54. The van der Waals surface area contributed by atoms with E-state index in [4.69, 9.17) is 4.52 Å². The van der Waals surface area contributed by atoms with Crippen molar-refractivity contribution in [2.24, 2.45) is 0 Å². The molecule has 2 aromatic heterocycles. The lowest BCUT2D eigenvalue weighted by Gasteiger charge is -2.11. The van der Waals surface area contributed by atoms with E-state index in [9.17, 15) is 9.46 Å². The van der Waals surface area contributed by atoms with Gasteiger partial charge in [-0.25, -0.2) is 0 Å². The van der Waals surface area contributed by atoms with Crippen LogP contribution in [0.1, 0.15) is 29.0 Å². The average molecular weight is 439 g/mol. The van der Waals surface area contributed by atoms with Crippen LogP contribution in [0.2, 0.25) is 0 Å². The molecule has 1 unspecified atom stereocenters. The van der Waals surface area contributed by atoms with Crippen molar-refractivity contribution >= 4 is 29.2 Å². The number of rotatable bonds is 5. The summed E-state index contributed by atoms with van der Waals surface area (Å²) in [7, 11) is -3.92. The summed E-state index contributed by atoms with van der Waals surface area (Å²) < 4.78 is 22.8. The fraction of sp³-hybridized carbons (Fsp3) is 0.261. The molecule has 30 heavy (non-hydrogen) atoms. The highest BCUT2D eigenvalue weighted by Gasteiger charge is 2.31. The van der Waals surface area contributed by atoms with E-state index in [1.165, 1.54) is 29.0 Å². The van der Waals surface area contributed by atoms with Crippen molar-refractivity contribution < 1.29 is 18.5 Å². The van der Waals surface area contributed by atoms with Crippen LogP contribution < -0.4 is 9.87 Å². The van der Waals surface area contributed by atoms with Crippen LogP contribution in [0.4, 0.5) is 0 Å². The van der Waals surface area contributed by atoms with Crippen LogP contribution >= 0.6 is 18.9 Å². The van der Waals surface area contributed by atoms with E-state index in [1.54, 1.807) is 35.6 Å². The number of fused-ring (bicyclic) bond motifs is 3. The van der Waals surface area contributed by atoms with Gasteiger partial charge < -0.3 is 4.89 Å². The van der Waals surface area contributed by atoms with Gasteiger partial charge in [-0.3, -0.25) is 9.09 Å². The fourth-order valence-electron chi connectivity index (χ4n) is 4.02. The summed E-state index contributed by atoms with van der Waals surface area (Å²) in [5.41, 5.74) is 4.62. The molecule has 4 aromatic rings. The van der Waals surface area contributed by atoms with Gasteiger partial charge in [-0.05, 0) is 38.3 Å². The Morgan fingerprint density at radius 3 is 2.60 bits per heavy atom. The first-order chi connectivity index (χ1) is 14.5. The lowest BCUT2D eigenvalue weighted by molar-refractivity contribution is -0.688. The van der Waals surface area contributed by atoms with E-state index >= 15 is 0 Å². The minimum Gasteiger partial charge on any atom is -0.321 e. The largest absolute Gasteiger partial charge is 0.362 e. The maximum atomic E-state index is 12.9. The summed E-state index contributed by atoms with van der Waals surface area (Å²) in [6.07, 6.45) is 6.74. The lowest BCUT2D eigenvalue weighted by atomic mass is 10.0. The fourth-order valence-corrected chi connectivity index (χ4v) is 6.30. The van der Waals surface area contributed by atoms with E-state index in [0.717, 1.165) is 29.1 Å². The molecule has 5 rings (SSSR count). The molecule has 2 aromatic carbocycles. The zero-order valence-corrected chi connectivity index (χ0v) is 18.5. The zero-order valence-electron chi connectivity index (χ0n) is 16.8. The molecule has 0 saturated heterocycles. The van der Waals surface area contributed by atoms with Crippen molar-refractivity contribution in [1.29, 1.82) is 0 Å². The summed E-state index contributed by atoms with van der Waals surface area (Å²) in [4.78, 5) is 13.0. The van der Waals surface area contributed by atoms with Crippen LogP contribution in [0.25, 0.3) is 16.2 Å². The Hall–Kier alpha value is -2.24. The maximum absolute atomic E-state index is 12.9. The number of hydrogen-bond acceptors (Lipinski definition) is 3. The van der Waals surface area contributed by atoms with Crippen LogP contribution in [0.5, 0.6) is 0 Å². The van der Waals surface area contributed by atoms with Crippen molar-refractivity contribution in [3.05, 3.63) is 76.9 Å². The smallest absolute Gasteiger partial charge is 0.321 e. The molecule has 0 fully saturated rings. The zero-order chi connectivity index (χ0) is 20.7. The second-order valence-electron chi connectivity index (χ2n) is 7.75. The standard InChI is InChI=1S/C23H23N2O3PS/c1-17-11-13-18(14-12-17)21-15-24-20-9-5-6-10-22(20)30-23(24)25(21)16-28-29(26,27)19-7-3-2-4-8-19/h2-4,7-8,11-15H,5-6,9-10,16H2,1H3/p+1. The quantitative estimate of drug-likeness (QED) is 0.365. The van der Waals surface area contributed by atoms with Gasteiger partial charge in [0.1, 0.15) is 11.9 Å². The topological polar surface area (TPSA) is 54.8 Å². The van der Waals surface area contributed by atoms with Crippen LogP contribution in [0.15, 0.2) is 60.8 Å². The first-order valence-corrected chi connectivity index (χ1v) is 12.6. The van der Waals surface area contributed by atoms with Gasteiger partial charge in [-0.1, -0.05) is 59.4 Å². The van der Waals surface area contributed by atoms with Gasteiger partial charge in [0.05, 0.1) is 10.2 Å². The highest BCUT2D eigenvalue weighted by molar-refractivity contribution is 7.61. The predicted octanol–water partition coefficient (Wildman–Crippen LogP) is 4.63. The van der Waals surface area contributed by atoms with Crippen LogP contribution in [0, 0.1) is 6.92 Å². The number of aryl methyl sites for hydroxylation is 3. The number of hydrogen-bond donors (Lipinski definition) is 1. The highest BCUT2D eigenvalue weighted by Crippen LogP contribution is 2.41. The van der Waals surface area contributed by atoms with E-state index < -0.39 is 7.60 Å². The Morgan fingerprint density at radius 2 is 1.83 bits per heavy atom. The number of benzene rings is 2. The van der Waals surface area contributed by atoms with E-state index in [0.29, 0.717) is 5.30 Å². The Balaban J connectivity index is 1.58. The summed E-state index contributed by atoms with van der Waals surface area (Å²) in [6, 6.07) is 16.9. The van der Waals surface area contributed by atoms with E-state index in [1.807, 2.05) is 10.6 Å².